The third-order valence-corrected chi connectivity index (χ3v) is 12.4. The Bertz CT molecular complexity index is 736. The van der Waals surface area contributed by atoms with E-state index in [1.54, 1.807) is 10.7 Å². The molecule has 0 unspecified atom stereocenters. The topological polar surface area (TPSA) is 80.3 Å². The molecule has 0 aromatic heterocycles. The van der Waals surface area contributed by atoms with E-state index in [9.17, 15) is 0 Å². The Labute approximate surface area is 149 Å². The van der Waals surface area contributed by atoms with Crippen molar-refractivity contribution in [3.8, 4) is 0 Å². The summed E-state index contributed by atoms with van der Waals surface area (Å²) >= 11 is -2.14. The van der Waals surface area contributed by atoms with Gasteiger partial charge in [0, 0.05) is 10.4 Å². The molecule has 3 rings (SSSR count). The summed E-state index contributed by atoms with van der Waals surface area (Å²) in [5.74, 6) is 0. The summed E-state index contributed by atoms with van der Waals surface area (Å²) in [6.45, 7) is 0. The zero-order chi connectivity index (χ0) is 17.4. The second kappa shape index (κ2) is 8.98. The Kier molecular flexibility index (Phi) is 6.98. The molecule has 3 aromatic rings. The van der Waals surface area contributed by atoms with Crippen LogP contribution in [-0.4, -0.2) is 37.3 Å². The molecular formula is C18H16O4SSn-2. The molecule has 0 N–H and O–H groups in total. The summed E-state index contributed by atoms with van der Waals surface area (Å²) in [7, 11) is -5.17. The van der Waals surface area contributed by atoms with Gasteiger partial charge in [-0.05, 0) is 0 Å². The van der Waals surface area contributed by atoms with E-state index < -0.39 is 30.2 Å². The summed E-state index contributed by atoms with van der Waals surface area (Å²) in [5, 5.41) is 0. The van der Waals surface area contributed by atoms with Crippen LogP contribution < -0.4 is 10.7 Å². The minimum atomic E-state index is -5.17. The first kappa shape index (κ1) is 18.7. The van der Waals surface area contributed by atoms with Gasteiger partial charge in [-0.3, -0.25) is 8.42 Å². The second-order valence-corrected chi connectivity index (χ2v) is 14.1. The van der Waals surface area contributed by atoms with E-state index in [2.05, 4.69) is 91.0 Å². The molecule has 0 aliphatic heterocycles. The fourth-order valence-corrected chi connectivity index (χ4v) is 11.0. The number of hydrogen-bond acceptors (Lipinski definition) is 4. The van der Waals surface area contributed by atoms with Crippen LogP contribution in [0.25, 0.3) is 0 Å². The maximum absolute atomic E-state index is 8.52. The van der Waals surface area contributed by atoms with E-state index in [0.717, 1.165) is 0 Å². The molecule has 0 radical (unpaired) electrons. The third kappa shape index (κ3) is 6.44. The summed E-state index contributed by atoms with van der Waals surface area (Å²) in [5.41, 5.74) is 0. The molecule has 0 aliphatic rings. The summed E-state index contributed by atoms with van der Waals surface area (Å²) in [4.78, 5) is 0. The molecule has 0 fully saturated rings. The van der Waals surface area contributed by atoms with Crippen molar-refractivity contribution in [1.29, 1.82) is 0 Å². The van der Waals surface area contributed by atoms with Crippen LogP contribution >= 0.6 is 0 Å². The Balaban J connectivity index is 0.000000368. The van der Waals surface area contributed by atoms with Gasteiger partial charge in [0.15, 0.2) is 0 Å². The SMILES string of the molecule is O=S(=O)([O-])[O-].c1cc[c]([SnH]([c]2ccccc2)[c]2ccccc2)cc1. The molecule has 6 heteroatoms. The molecule has 0 saturated carbocycles. The van der Waals surface area contributed by atoms with Crippen molar-refractivity contribution in [1.82, 2.24) is 0 Å². The Morgan fingerprint density at radius 2 is 0.750 bits per heavy atom. The standard InChI is InChI=1S/3C6H5.H2O4S.Sn.H/c3*1-2-4-6-5-3-1;1-5(2,3)4;;/h3*1-5H;(H2,1,2,3,4);;/p-2. The summed E-state index contributed by atoms with van der Waals surface area (Å²) in [6.07, 6.45) is 0. The number of benzene rings is 3. The first-order valence-electron chi connectivity index (χ1n) is 7.26. The molecule has 0 saturated heterocycles. The molecule has 124 valence electrons. The second-order valence-electron chi connectivity index (χ2n) is 5.07. The van der Waals surface area contributed by atoms with Gasteiger partial charge in [-0.1, -0.05) is 0 Å². The quantitative estimate of drug-likeness (QED) is 0.335. The normalized spacial score (nSPS) is 10.8. The Morgan fingerprint density at radius 3 is 0.958 bits per heavy atom. The van der Waals surface area contributed by atoms with Crippen LogP contribution in [0.3, 0.4) is 0 Å². The first-order chi connectivity index (χ1) is 11.4. The molecule has 0 heterocycles. The van der Waals surface area contributed by atoms with Crippen molar-refractivity contribution in [2.45, 2.75) is 0 Å². The van der Waals surface area contributed by atoms with E-state index in [4.69, 9.17) is 17.5 Å². The predicted octanol–water partition coefficient (Wildman–Crippen LogP) is 0.597. The molecule has 24 heavy (non-hydrogen) atoms. The third-order valence-electron chi connectivity index (χ3n) is 3.40. The molecule has 0 aliphatic carbocycles. The molecule has 0 spiro atoms. The first-order valence-corrected chi connectivity index (χ1v) is 13.5. The van der Waals surface area contributed by atoms with E-state index in [1.165, 1.54) is 0 Å². The molecular weight excluding hydrogens is 431 g/mol. The van der Waals surface area contributed by atoms with Crippen LogP contribution in [0.4, 0.5) is 0 Å². The number of hydrogen-bond donors (Lipinski definition) is 0. The van der Waals surface area contributed by atoms with Crippen LogP contribution in [0, 0.1) is 0 Å². The van der Waals surface area contributed by atoms with Gasteiger partial charge in [0.1, 0.15) is 0 Å². The average molecular weight is 447 g/mol. The zero-order valence-electron chi connectivity index (χ0n) is 12.8. The van der Waals surface area contributed by atoms with Crippen molar-refractivity contribution < 1.29 is 17.5 Å². The molecule has 0 amide bonds. The fourth-order valence-electron chi connectivity index (χ4n) is 2.51. The molecule has 4 nitrogen and oxygen atoms in total. The molecule has 0 bridgehead atoms. The van der Waals surface area contributed by atoms with Gasteiger partial charge < -0.3 is 9.11 Å². The van der Waals surface area contributed by atoms with Crippen LogP contribution in [0.2, 0.25) is 0 Å². The van der Waals surface area contributed by atoms with Gasteiger partial charge in [-0.25, -0.2) is 0 Å². The van der Waals surface area contributed by atoms with Gasteiger partial charge in [-0.2, -0.15) is 0 Å². The van der Waals surface area contributed by atoms with Crippen LogP contribution in [0.15, 0.2) is 91.0 Å². The van der Waals surface area contributed by atoms with E-state index in [1.807, 2.05) is 0 Å². The van der Waals surface area contributed by atoms with Crippen molar-refractivity contribution >= 4 is 40.9 Å². The maximum atomic E-state index is 8.52. The fraction of sp³-hybridized carbons (Fsp3) is 0. The molecule has 3 aromatic carbocycles. The van der Waals surface area contributed by atoms with Crippen LogP contribution in [-0.2, 0) is 10.4 Å². The zero-order valence-corrected chi connectivity index (χ0v) is 16.9. The van der Waals surface area contributed by atoms with Crippen molar-refractivity contribution in [3.05, 3.63) is 91.0 Å². The molecule has 0 atom stereocenters. The van der Waals surface area contributed by atoms with Gasteiger partial charge in [0.05, 0.1) is 0 Å². The van der Waals surface area contributed by atoms with E-state index >= 15 is 0 Å². The Hall–Kier alpha value is -1.67. The van der Waals surface area contributed by atoms with Gasteiger partial charge in [0.2, 0.25) is 0 Å². The summed E-state index contributed by atoms with van der Waals surface area (Å²) < 4.78 is 38.7. The van der Waals surface area contributed by atoms with Crippen LogP contribution in [0.1, 0.15) is 0 Å². The van der Waals surface area contributed by atoms with Gasteiger partial charge >= 0.3 is 121 Å². The van der Waals surface area contributed by atoms with Crippen molar-refractivity contribution in [3.63, 3.8) is 0 Å². The Morgan fingerprint density at radius 1 is 0.542 bits per heavy atom. The van der Waals surface area contributed by atoms with Crippen molar-refractivity contribution in [2.24, 2.45) is 0 Å². The van der Waals surface area contributed by atoms with Crippen molar-refractivity contribution in [2.75, 3.05) is 0 Å². The van der Waals surface area contributed by atoms with E-state index in [-0.39, 0.29) is 0 Å². The van der Waals surface area contributed by atoms with E-state index in [0.29, 0.717) is 0 Å². The van der Waals surface area contributed by atoms with Gasteiger partial charge in [0.25, 0.3) is 0 Å². The average Bonchev–Trinajstić information content (AvgIpc) is 2.57. The monoisotopic (exact) mass is 448 g/mol. The number of rotatable bonds is 3. The van der Waals surface area contributed by atoms with Gasteiger partial charge in [-0.15, -0.1) is 0 Å². The minimum absolute atomic E-state index is 1.54. The van der Waals surface area contributed by atoms with Crippen LogP contribution in [0.5, 0.6) is 0 Å². The predicted molar refractivity (Wildman–Crippen MR) is 95.9 cm³/mol. The summed E-state index contributed by atoms with van der Waals surface area (Å²) in [6, 6.07) is 33.0.